The van der Waals surface area contributed by atoms with Gasteiger partial charge in [0.25, 0.3) is 5.91 Å². The number of carbonyl (C=O) groups is 1. The fourth-order valence-electron chi connectivity index (χ4n) is 2.97. The summed E-state index contributed by atoms with van der Waals surface area (Å²) in [5.74, 6) is -1.17. The van der Waals surface area contributed by atoms with Crippen molar-refractivity contribution in [1.29, 1.82) is 0 Å². The summed E-state index contributed by atoms with van der Waals surface area (Å²) >= 11 is 0. The Morgan fingerprint density at radius 3 is 2.67 bits per heavy atom. The van der Waals surface area contributed by atoms with Crippen molar-refractivity contribution < 1.29 is 22.4 Å². The third-order valence-electron chi connectivity index (χ3n) is 4.47. The molecule has 0 aliphatic heterocycles. The third-order valence-corrected chi connectivity index (χ3v) is 4.47. The minimum atomic E-state index is -4.50. The Bertz CT molecular complexity index is 1020. The molecule has 1 saturated carbocycles. The third kappa shape index (κ3) is 3.26. The zero-order chi connectivity index (χ0) is 19.3. The van der Waals surface area contributed by atoms with E-state index in [4.69, 9.17) is 4.42 Å². The molecule has 0 radical (unpaired) electrons. The molecular formula is C17H16F3N5O2. The van der Waals surface area contributed by atoms with Crippen LogP contribution in [0.15, 0.2) is 22.9 Å². The van der Waals surface area contributed by atoms with E-state index < -0.39 is 24.0 Å². The maximum atomic E-state index is 13.2. The molecule has 3 aromatic heterocycles. The average Bonchev–Trinajstić information content (AvgIpc) is 3.17. The first-order chi connectivity index (χ1) is 12.7. The Hall–Kier alpha value is -2.91. The molecule has 0 aromatic carbocycles. The summed E-state index contributed by atoms with van der Waals surface area (Å²) in [6.45, 7) is 3.50. The van der Waals surface area contributed by atoms with Gasteiger partial charge in [-0.05, 0) is 38.7 Å². The summed E-state index contributed by atoms with van der Waals surface area (Å²) in [4.78, 5) is 21.1. The molecule has 142 valence electrons. The quantitative estimate of drug-likeness (QED) is 0.753. The zero-order valence-electron chi connectivity index (χ0n) is 14.5. The van der Waals surface area contributed by atoms with Crippen LogP contribution in [0.3, 0.4) is 0 Å². The lowest BCUT2D eigenvalue weighted by Gasteiger charge is -2.20. The fourth-order valence-corrected chi connectivity index (χ4v) is 2.97. The lowest BCUT2D eigenvalue weighted by atomic mass is 10.1. The number of hydrogen-bond donors (Lipinski definition) is 1. The molecule has 10 heteroatoms. The number of oxazole rings is 1. The maximum Gasteiger partial charge on any atom is 0.408 e. The van der Waals surface area contributed by atoms with Gasteiger partial charge in [0.15, 0.2) is 5.65 Å². The number of rotatable bonds is 4. The first-order valence-electron chi connectivity index (χ1n) is 8.39. The first-order valence-corrected chi connectivity index (χ1v) is 8.39. The number of aryl methyl sites for hydroxylation is 2. The molecule has 3 aromatic rings. The van der Waals surface area contributed by atoms with Gasteiger partial charge in [0.2, 0.25) is 5.89 Å². The number of alkyl halides is 3. The van der Waals surface area contributed by atoms with Gasteiger partial charge in [0, 0.05) is 5.69 Å². The van der Waals surface area contributed by atoms with Crippen LogP contribution in [0, 0.1) is 19.8 Å². The minimum Gasteiger partial charge on any atom is -0.443 e. The van der Waals surface area contributed by atoms with E-state index in [1.807, 2.05) is 0 Å². The number of nitrogens with one attached hydrogen (secondary N) is 1. The summed E-state index contributed by atoms with van der Waals surface area (Å²) in [7, 11) is 0. The fraction of sp³-hybridized carbons (Fsp3) is 0.412. The second-order valence-electron chi connectivity index (χ2n) is 6.70. The molecule has 27 heavy (non-hydrogen) atoms. The molecule has 0 spiro atoms. The van der Waals surface area contributed by atoms with E-state index in [1.165, 1.54) is 17.0 Å². The Morgan fingerprint density at radius 2 is 2.07 bits per heavy atom. The largest absolute Gasteiger partial charge is 0.443 e. The van der Waals surface area contributed by atoms with Gasteiger partial charge >= 0.3 is 6.18 Å². The number of hydrogen-bond acceptors (Lipinski definition) is 5. The number of fused-ring (bicyclic) bond motifs is 1. The molecule has 1 amide bonds. The minimum absolute atomic E-state index is 0.0295. The molecule has 1 aliphatic carbocycles. The van der Waals surface area contributed by atoms with Gasteiger partial charge in [-0.15, -0.1) is 0 Å². The standard InChI is InChI=1S/C17H16F3N5O2/c1-8-7-27-16(22-8)12-5-9(2)25-14(23-12)11(6-21-25)15(26)24-13(10-3-4-10)17(18,19)20/h5-7,10,13H,3-4H2,1-2H3,(H,24,26)/t13-/m0/s1. The van der Waals surface area contributed by atoms with Crippen molar-refractivity contribution >= 4 is 11.6 Å². The highest BCUT2D eigenvalue weighted by Crippen LogP contribution is 2.40. The molecule has 4 rings (SSSR count). The van der Waals surface area contributed by atoms with Crippen LogP contribution in [-0.4, -0.2) is 37.7 Å². The van der Waals surface area contributed by atoms with E-state index in [1.54, 1.807) is 19.9 Å². The molecule has 1 atom stereocenters. The van der Waals surface area contributed by atoms with E-state index in [9.17, 15) is 18.0 Å². The molecule has 0 bridgehead atoms. The monoisotopic (exact) mass is 379 g/mol. The van der Waals surface area contributed by atoms with Gasteiger partial charge in [0.1, 0.15) is 23.6 Å². The molecule has 1 N–H and O–H groups in total. The van der Waals surface area contributed by atoms with Gasteiger partial charge in [-0.1, -0.05) is 0 Å². The van der Waals surface area contributed by atoms with E-state index in [0.29, 0.717) is 29.9 Å². The predicted octanol–water partition coefficient (Wildman–Crippen LogP) is 3.07. The SMILES string of the molecule is Cc1coc(-c2cc(C)n3ncc(C(=O)N[C@@H](C4CC4)C(F)(F)F)c3n2)n1. The number of halogens is 3. The van der Waals surface area contributed by atoms with Crippen LogP contribution in [0.5, 0.6) is 0 Å². The second kappa shape index (κ2) is 6.07. The summed E-state index contributed by atoms with van der Waals surface area (Å²) in [5.41, 5.74) is 1.79. The molecule has 1 aliphatic rings. The molecule has 3 heterocycles. The predicted molar refractivity (Wildman–Crippen MR) is 88.0 cm³/mol. The van der Waals surface area contributed by atoms with Crippen LogP contribution < -0.4 is 5.32 Å². The summed E-state index contributed by atoms with van der Waals surface area (Å²) in [5, 5.41) is 6.17. The van der Waals surface area contributed by atoms with E-state index in [2.05, 4.69) is 20.4 Å². The van der Waals surface area contributed by atoms with Gasteiger partial charge in [-0.3, -0.25) is 4.79 Å². The average molecular weight is 379 g/mol. The Labute approximate surface area is 151 Å². The van der Waals surface area contributed by atoms with Crippen molar-refractivity contribution in [2.24, 2.45) is 5.92 Å². The van der Waals surface area contributed by atoms with E-state index in [0.717, 1.165) is 0 Å². The van der Waals surface area contributed by atoms with Crippen LogP contribution in [0.2, 0.25) is 0 Å². The van der Waals surface area contributed by atoms with Gasteiger partial charge in [0.05, 0.1) is 11.9 Å². The number of amides is 1. The van der Waals surface area contributed by atoms with Gasteiger partial charge in [-0.25, -0.2) is 14.5 Å². The van der Waals surface area contributed by atoms with E-state index in [-0.39, 0.29) is 17.1 Å². The zero-order valence-corrected chi connectivity index (χ0v) is 14.5. The summed E-state index contributed by atoms with van der Waals surface area (Å²) < 4.78 is 46.3. The highest BCUT2D eigenvalue weighted by Gasteiger charge is 2.49. The highest BCUT2D eigenvalue weighted by atomic mass is 19.4. The Balaban J connectivity index is 1.71. The van der Waals surface area contributed by atoms with Crippen LogP contribution >= 0.6 is 0 Å². The van der Waals surface area contributed by atoms with Crippen molar-refractivity contribution in [1.82, 2.24) is 24.9 Å². The van der Waals surface area contributed by atoms with Gasteiger partial charge in [-0.2, -0.15) is 18.3 Å². The Kier molecular flexibility index (Phi) is 3.93. The normalized spacial score (nSPS) is 15.9. The van der Waals surface area contributed by atoms with Crippen molar-refractivity contribution in [2.75, 3.05) is 0 Å². The van der Waals surface area contributed by atoms with Crippen molar-refractivity contribution in [3.8, 4) is 11.6 Å². The van der Waals surface area contributed by atoms with Crippen molar-refractivity contribution in [3.63, 3.8) is 0 Å². The molecule has 0 saturated heterocycles. The molecular weight excluding hydrogens is 363 g/mol. The lowest BCUT2D eigenvalue weighted by molar-refractivity contribution is -0.158. The van der Waals surface area contributed by atoms with Crippen LogP contribution in [0.25, 0.3) is 17.2 Å². The lowest BCUT2D eigenvalue weighted by Crippen LogP contribution is -2.46. The van der Waals surface area contributed by atoms with Crippen molar-refractivity contribution in [2.45, 2.75) is 38.9 Å². The number of nitrogens with zero attached hydrogens (tertiary/aromatic N) is 4. The van der Waals surface area contributed by atoms with Crippen LogP contribution in [0.1, 0.15) is 34.6 Å². The number of carbonyl (C=O) groups excluding carboxylic acids is 1. The molecule has 7 nitrogen and oxygen atoms in total. The summed E-state index contributed by atoms with van der Waals surface area (Å²) in [6, 6.07) is -0.186. The highest BCUT2D eigenvalue weighted by molar-refractivity contribution is 6.00. The number of aromatic nitrogens is 4. The van der Waals surface area contributed by atoms with Crippen molar-refractivity contribution in [3.05, 3.63) is 35.5 Å². The van der Waals surface area contributed by atoms with Crippen LogP contribution in [-0.2, 0) is 0 Å². The second-order valence-corrected chi connectivity index (χ2v) is 6.70. The maximum absolute atomic E-state index is 13.2. The van der Waals surface area contributed by atoms with Gasteiger partial charge < -0.3 is 9.73 Å². The molecule has 0 unspecified atom stereocenters. The smallest absolute Gasteiger partial charge is 0.408 e. The first kappa shape index (κ1) is 17.5. The molecule has 1 fully saturated rings. The Morgan fingerprint density at radius 1 is 1.33 bits per heavy atom. The topological polar surface area (TPSA) is 85.3 Å². The van der Waals surface area contributed by atoms with Crippen LogP contribution in [0.4, 0.5) is 13.2 Å². The summed E-state index contributed by atoms with van der Waals surface area (Å²) in [6.07, 6.45) is -0.919. The van der Waals surface area contributed by atoms with E-state index >= 15 is 0 Å².